The lowest BCUT2D eigenvalue weighted by Gasteiger charge is -2.34. The Balaban J connectivity index is 1.79. The monoisotopic (exact) mass is 316 g/mol. The first-order valence-electron chi connectivity index (χ1n) is 8.31. The van der Waals surface area contributed by atoms with Crippen molar-refractivity contribution in [2.45, 2.75) is 19.9 Å². The Morgan fingerprint density at radius 2 is 1.87 bits per heavy atom. The zero-order valence-electron chi connectivity index (χ0n) is 13.6. The molecule has 2 aromatic rings. The smallest absolute Gasteiger partial charge is 0.336 e. The summed E-state index contributed by atoms with van der Waals surface area (Å²) >= 11 is 0. The van der Waals surface area contributed by atoms with E-state index in [9.17, 15) is 4.79 Å². The second kappa shape index (κ2) is 7.25. The Morgan fingerprint density at radius 3 is 2.57 bits per heavy atom. The summed E-state index contributed by atoms with van der Waals surface area (Å²) < 4.78 is 5.37. The number of piperazine rings is 1. The van der Waals surface area contributed by atoms with Gasteiger partial charge in [0.15, 0.2) is 0 Å². The highest BCUT2D eigenvalue weighted by molar-refractivity contribution is 5.80. The highest BCUT2D eigenvalue weighted by atomic mass is 16.4. The van der Waals surface area contributed by atoms with Gasteiger partial charge in [0.2, 0.25) is 0 Å². The lowest BCUT2D eigenvalue weighted by atomic mass is 10.1. The molecular formula is C18H24N2O3. The average molecular weight is 316 g/mol. The fourth-order valence-electron chi connectivity index (χ4n) is 3.18. The van der Waals surface area contributed by atoms with Crippen molar-refractivity contribution in [3.63, 3.8) is 0 Å². The third kappa shape index (κ3) is 3.80. The molecule has 1 fully saturated rings. The van der Waals surface area contributed by atoms with E-state index in [-0.39, 0.29) is 12.2 Å². The average Bonchev–Trinajstić information content (AvgIpc) is 2.56. The van der Waals surface area contributed by atoms with Gasteiger partial charge in [0, 0.05) is 50.7 Å². The summed E-state index contributed by atoms with van der Waals surface area (Å²) in [6.07, 6.45) is 0.927. The highest BCUT2D eigenvalue weighted by Gasteiger charge is 2.17. The minimum absolute atomic E-state index is 0.212. The summed E-state index contributed by atoms with van der Waals surface area (Å²) in [5.74, 6) is 0. The molecule has 5 nitrogen and oxygen atoms in total. The Labute approximate surface area is 136 Å². The Hall–Kier alpha value is -1.69. The van der Waals surface area contributed by atoms with Crippen molar-refractivity contribution in [1.29, 1.82) is 0 Å². The number of β-amino-alcohol motifs (C(OH)–C–C–N with tert-alkyl or cyclic N) is 1. The number of aliphatic hydroxyl groups is 1. The van der Waals surface area contributed by atoms with E-state index in [0.717, 1.165) is 56.6 Å². The van der Waals surface area contributed by atoms with Gasteiger partial charge in [0.25, 0.3) is 0 Å². The normalized spacial score (nSPS) is 17.0. The van der Waals surface area contributed by atoms with Crippen molar-refractivity contribution >= 4 is 11.0 Å². The van der Waals surface area contributed by atoms with E-state index in [1.807, 2.05) is 6.07 Å². The number of fused-ring (bicyclic) bond motifs is 1. The van der Waals surface area contributed by atoms with Crippen LogP contribution in [0, 0.1) is 0 Å². The van der Waals surface area contributed by atoms with Crippen molar-refractivity contribution in [1.82, 2.24) is 9.80 Å². The minimum Gasteiger partial charge on any atom is -0.423 e. The summed E-state index contributed by atoms with van der Waals surface area (Å²) in [7, 11) is 0. The number of rotatable bonds is 5. The molecule has 124 valence electrons. The van der Waals surface area contributed by atoms with E-state index in [2.05, 4.69) is 28.9 Å². The van der Waals surface area contributed by atoms with Gasteiger partial charge in [-0.3, -0.25) is 9.80 Å². The summed E-state index contributed by atoms with van der Waals surface area (Å²) in [4.78, 5) is 16.5. The first-order valence-corrected chi connectivity index (χ1v) is 8.31. The van der Waals surface area contributed by atoms with Crippen LogP contribution in [-0.2, 0) is 13.0 Å². The fourth-order valence-corrected chi connectivity index (χ4v) is 3.18. The van der Waals surface area contributed by atoms with E-state index in [1.165, 1.54) is 5.56 Å². The first kappa shape index (κ1) is 16.2. The molecule has 0 radical (unpaired) electrons. The molecule has 1 saturated heterocycles. The molecule has 1 aromatic carbocycles. The van der Waals surface area contributed by atoms with Crippen LogP contribution in [0.3, 0.4) is 0 Å². The number of nitrogens with zero attached hydrogens (tertiary/aromatic N) is 2. The maximum Gasteiger partial charge on any atom is 0.336 e. The molecule has 0 unspecified atom stereocenters. The molecular weight excluding hydrogens is 292 g/mol. The van der Waals surface area contributed by atoms with Crippen molar-refractivity contribution < 1.29 is 9.52 Å². The van der Waals surface area contributed by atoms with Crippen LogP contribution < -0.4 is 5.63 Å². The summed E-state index contributed by atoms with van der Waals surface area (Å²) in [5, 5.41) is 10.0. The van der Waals surface area contributed by atoms with Crippen molar-refractivity contribution in [2.75, 3.05) is 39.3 Å². The van der Waals surface area contributed by atoms with E-state index < -0.39 is 0 Å². The molecule has 0 aliphatic carbocycles. The Kier molecular flexibility index (Phi) is 5.10. The van der Waals surface area contributed by atoms with Gasteiger partial charge in [-0.25, -0.2) is 4.79 Å². The van der Waals surface area contributed by atoms with Crippen LogP contribution in [-0.4, -0.2) is 54.2 Å². The summed E-state index contributed by atoms with van der Waals surface area (Å²) in [6, 6.07) is 7.76. The zero-order chi connectivity index (χ0) is 16.2. The molecule has 0 atom stereocenters. The molecule has 1 aliphatic rings. The predicted molar refractivity (Wildman–Crippen MR) is 90.7 cm³/mol. The van der Waals surface area contributed by atoms with Crippen molar-refractivity contribution in [3.8, 4) is 0 Å². The first-order chi connectivity index (χ1) is 11.2. The van der Waals surface area contributed by atoms with Crippen molar-refractivity contribution in [3.05, 3.63) is 45.8 Å². The van der Waals surface area contributed by atoms with Crippen LogP contribution in [0.15, 0.2) is 33.5 Å². The maximum atomic E-state index is 11.9. The molecule has 1 aliphatic heterocycles. The second-order valence-electron chi connectivity index (χ2n) is 6.12. The maximum absolute atomic E-state index is 11.9. The quantitative estimate of drug-likeness (QED) is 0.847. The molecule has 1 N–H and O–H groups in total. The molecule has 0 saturated carbocycles. The molecule has 3 rings (SSSR count). The van der Waals surface area contributed by atoms with Gasteiger partial charge >= 0.3 is 5.63 Å². The number of hydrogen-bond donors (Lipinski definition) is 1. The Bertz CT molecular complexity index is 718. The molecule has 2 heterocycles. The van der Waals surface area contributed by atoms with Gasteiger partial charge in [-0.1, -0.05) is 19.1 Å². The predicted octanol–water partition coefficient (Wildman–Crippen LogP) is 1.47. The van der Waals surface area contributed by atoms with E-state index >= 15 is 0 Å². The van der Waals surface area contributed by atoms with Crippen LogP contribution in [0.25, 0.3) is 11.0 Å². The van der Waals surface area contributed by atoms with Gasteiger partial charge in [-0.05, 0) is 23.6 Å². The van der Waals surface area contributed by atoms with Gasteiger partial charge < -0.3 is 9.52 Å². The van der Waals surface area contributed by atoms with E-state index in [0.29, 0.717) is 5.58 Å². The van der Waals surface area contributed by atoms with Crippen LogP contribution >= 0.6 is 0 Å². The van der Waals surface area contributed by atoms with Crippen molar-refractivity contribution in [2.24, 2.45) is 0 Å². The second-order valence-corrected chi connectivity index (χ2v) is 6.12. The molecule has 0 spiro atoms. The molecule has 0 bridgehead atoms. The largest absolute Gasteiger partial charge is 0.423 e. The topological polar surface area (TPSA) is 56.9 Å². The van der Waals surface area contributed by atoms with Gasteiger partial charge in [0.05, 0.1) is 6.61 Å². The highest BCUT2D eigenvalue weighted by Crippen LogP contribution is 2.21. The molecule has 0 amide bonds. The van der Waals surface area contributed by atoms with Gasteiger partial charge in [-0.2, -0.15) is 0 Å². The third-order valence-electron chi connectivity index (χ3n) is 4.58. The van der Waals surface area contributed by atoms with Crippen LogP contribution in [0.1, 0.15) is 18.1 Å². The van der Waals surface area contributed by atoms with Crippen LogP contribution in [0.4, 0.5) is 0 Å². The van der Waals surface area contributed by atoms with Crippen LogP contribution in [0.5, 0.6) is 0 Å². The lowest BCUT2D eigenvalue weighted by molar-refractivity contribution is 0.108. The number of aliphatic hydroxyl groups excluding tert-OH is 1. The minimum atomic E-state index is -0.278. The van der Waals surface area contributed by atoms with Gasteiger partial charge in [-0.15, -0.1) is 0 Å². The number of benzene rings is 1. The Morgan fingerprint density at radius 1 is 1.13 bits per heavy atom. The van der Waals surface area contributed by atoms with E-state index in [4.69, 9.17) is 9.52 Å². The summed E-state index contributed by atoms with van der Waals surface area (Å²) in [6.45, 7) is 7.63. The number of aryl methyl sites for hydroxylation is 1. The molecule has 5 heteroatoms. The third-order valence-corrected chi connectivity index (χ3v) is 4.58. The SMILES string of the molecule is CCc1ccc2c(CN3CCN(CCO)CC3)cc(=O)oc2c1. The van der Waals surface area contributed by atoms with Crippen LogP contribution in [0.2, 0.25) is 0 Å². The summed E-state index contributed by atoms with van der Waals surface area (Å²) in [5.41, 5.74) is 2.62. The molecule has 23 heavy (non-hydrogen) atoms. The molecule has 1 aromatic heterocycles. The fraction of sp³-hybridized carbons (Fsp3) is 0.500. The lowest BCUT2D eigenvalue weighted by Crippen LogP contribution is -2.46. The zero-order valence-corrected chi connectivity index (χ0v) is 13.6. The van der Waals surface area contributed by atoms with E-state index in [1.54, 1.807) is 6.07 Å². The standard InChI is InChI=1S/C18H24N2O3/c1-2-14-3-4-16-15(12-18(22)23-17(16)11-14)13-20-7-5-19(6-8-20)9-10-21/h3-4,11-12,21H,2,5-10,13H2,1H3. The van der Waals surface area contributed by atoms with Gasteiger partial charge in [0.1, 0.15) is 5.58 Å². The number of hydrogen-bond acceptors (Lipinski definition) is 5.